The van der Waals surface area contributed by atoms with Gasteiger partial charge in [-0.3, -0.25) is 9.98 Å². The summed E-state index contributed by atoms with van der Waals surface area (Å²) in [4.78, 5) is 8.35. The lowest BCUT2D eigenvalue weighted by Gasteiger charge is -2.14. The van der Waals surface area contributed by atoms with E-state index in [1.807, 2.05) is 30.5 Å². The average Bonchev–Trinajstić information content (AvgIpc) is 2.65. The lowest BCUT2D eigenvalue weighted by molar-refractivity contribution is 0.390. The topological polar surface area (TPSA) is 67.8 Å². The van der Waals surface area contributed by atoms with E-state index < -0.39 is 0 Å². The van der Waals surface area contributed by atoms with Gasteiger partial charge in [0, 0.05) is 44.2 Å². The molecule has 2 N–H and O–H groups in total. The third kappa shape index (κ3) is 5.15. The molecule has 6 nitrogen and oxygen atoms in total. The summed E-state index contributed by atoms with van der Waals surface area (Å²) in [5.74, 6) is 2.30. The van der Waals surface area contributed by atoms with Gasteiger partial charge in [-0.05, 0) is 30.2 Å². The van der Waals surface area contributed by atoms with E-state index >= 15 is 0 Å². The van der Waals surface area contributed by atoms with Gasteiger partial charge in [0.15, 0.2) is 5.96 Å². The Hall–Kier alpha value is -2.76. The van der Waals surface area contributed by atoms with Crippen LogP contribution >= 0.6 is 0 Å². The fourth-order valence-electron chi connectivity index (χ4n) is 2.27. The summed E-state index contributed by atoms with van der Waals surface area (Å²) in [5, 5.41) is 6.58. The van der Waals surface area contributed by atoms with Crippen molar-refractivity contribution in [2.75, 3.05) is 27.8 Å². The van der Waals surface area contributed by atoms with E-state index in [0.717, 1.165) is 36.0 Å². The fourth-order valence-corrected chi connectivity index (χ4v) is 2.27. The van der Waals surface area contributed by atoms with Crippen LogP contribution in [-0.2, 0) is 13.0 Å². The van der Waals surface area contributed by atoms with Crippen molar-refractivity contribution in [2.24, 2.45) is 4.99 Å². The van der Waals surface area contributed by atoms with Crippen LogP contribution in [0.5, 0.6) is 11.5 Å². The summed E-state index contributed by atoms with van der Waals surface area (Å²) >= 11 is 0. The van der Waals surface area contributed by atoms with Crippen molar-refractivity contribution in [3.05, 3.63) is 53.9 Å². The predicted octanol–water partition coefficient (Wildman–Crippen LogP) is 2.01. The number of benzene rings is 1. The van der Waals surface area contributed by atoms with E-state index in [0.29, 0.717) is 6.54 Å². The zero-order chi connectivity index (χ0) is 17.2. The SMILES string of the molecule is CN=C(NCCc1cccnc1)NCc1ccc(OC)cc1OC. The van der Waals surface area contributed by atoms with Gasteiger partial charge in [0.1, 0.15) is 11.5 Å². The van der Waals surface area contributed by atoms with Crippen LogP contribution in [0.25, 0.3) is 0 Å². The van der Waals surface area contributed by atoms with Gasteiger partial charge in [-0.15, -0.1) is 0 Å². The maximum atomic E-state index is 5.41. The number of ether oxygens (including phenoxy) is 2. The molecule has 0 atom stereocenters. The molecule has 0 aliphatic heterocycles. The molecule has 0 radical (unpaired) electrons. The minimum atomic E-state index is 0.611. The highest BCUT2D eigenvalue weighted by molar-refractivity contribution is 5.79. The maximum absolute atomic E-state index is 5.41. The summed E-state index contributed by atoms with van der Waals surface area (Å²) in [5.41, 5.74) is 2.23. The van der Waals surface area contributed by atoms with Gasteiger partial charge in [0.25, 0.3) is 0 Å². The standard InChI is InChI=1S/C18H24N4O2/c1-19-18(21-10-8-14-5-4-9-20-12-14)22-13-15-6-7-16(23-2)11-17(15)24-3/h4-7,9,11-12H,8,10,13H2,1-3H3,(H2,19,21,22). The second-order valence-corrected chi connectivity index (χ2v) is 5.14. The molecule has 1 aromatic carbocycles. The lowest BCUT2D eigenvalue weighted by Crippen LogP contribution is -2.37. The zero-order valence-corrected chi connectivity index (χ0v) is 14.4. The van der Waals surface area contributed by atoms with E-state index in [-0.39, 0.29) is 0 Å². The normalized spacial score (nSPS) is 11.0. The quantitative estimate of drug-likeness (QED) is 0.601. The number of hydrogen-bond donors (Lipinski definition) is 2. The molecule has 0 fully saturated rings. The van der Waals surface area contributed by atoms with Crippen LogP contribution in [0.1, 0.15) is 11.1 Å². The largest absolute Gasteiger partial charge is 0.497 e. The van der Waals surface area contributed by atoms with Gasteiger partial charge in [-0.2, -0.15) is 0 Å². The van der Waals surface area contributed by atoms with Crippen molar-refractivity contribution in [2.45, 2.75) is 13.0 Å². The van der Waals surface area contributed by atoms with Crippen LogP contribution in [0, 0.1) is 0 Å². The number of methoxy groups -OCH3 is 2. The van der Waals surface area contributed by atoms with Crippen molar-refractivity contribution in [3.8, 4) is 11.5 Å². The van der Waals surface area contributed by atoms with Crippen LogP contribution in [-0.4, -0.2) is 38.8 Å². The second kappa shape index (κ2) is 9.39. The Morgan fingerprint density at radius 1 is 1.17 bits per heavy atom. The molecule has 0 aliphatic rings. The Labute approximate surface area is 142 Å². The van der Waals surface area contributed by atoms with Gasteiger partial charge < -0.3 is 20.1 Å². The highest BCUT2D eigenvalue weighted by Gasteiger charge is 2.06. The summed E-state index contributed by atoms with van der Waals surface area (Å²) in [6, 6.07) is 9.77. The first-order valence-corrected chi connectivity index (χ1v) is 7.81. The second-order valence-electron chi connectivity index (χ2n) is 5.14. The van der Waals surface area contributed by atoms with Gasteiger partial charge in [0.05, 0.1) is 14.2 Å². The highest BCUT2D eigenvalue weighted by Crippen LogP contribution is 2.24. The molecule has 0 amide bonds. The van der Waals surface area contributed by atoms with Crippen molar-refractivity contribution in [1.82, 2.24) is 15.6 Å². The fraction of sp³-hybridized carbons (Fsp3) is 0.333. The minimum absolute atomic E-state index is 0.611. The molecule has 128 valence electrons. The van der Waals surface area contributed by atoms with Gasteiger partial charge in [0.2, 0.25) is 0 Å². The number of hydrogen-bond acceptors (Lipinski definition) is 4. The highest BCUT2D eigenvalue weighted by atomic mass is 16.5. The van der Waals surface area contributed by atoms with Crippen LogP contribution in [0.2, 0.25) is 0 Å². The summed E-state index contributed by atoms with van der Waals surface area (Å²) in [7, 11) is 5.05. The monoisotopic (exact) mass is 328 g/mol. The van der Waals surface area contributed by atoms with Crippen LogP contribution in [0.15, 0.2) is 47.7 Å². The first-order valence-electron chi connectivity index (χ1n) is 7.81. The van der Waals surface area contributed by atoms with Crippen molar-refractivity contribution >= 4 is 5.96 Å². The lowest BCUT2D eigenvalue weighted by atomic mass is 10.2. The molecule has 2 rings (SSSR count). The molecule has 24 heavy (non-hydrogen) atoms. The van der Waals surface area contributed by atoms with E-state index in [4.69, 9.17) is 9.47 Å². The maximum Gasteiger partial charge on any atom is 0.191 e. The van der Waals surface area contributed by atoms with Crippen molar-refractivity contribution in [1.29, 1.82) is 0 Å². The smallest absolute Gasteiger partial charge is 0.191 e. The molecule has 1 aromatic heterocycles. The number of nitrogens with one attached hydrogen (secondary N) is 2. The van der Waals surface area contributed by atoms with E-state index in [1.54, 1.807) is 27.5 Å². The third-order valence-electron chi connectivity index (χ3n) is 3.59. The summed E-state index contributed by atoms with van der Waals surface area (Å²) in [6.07, 6.45) is 4.54. The molecular weight excluding hydrogens is 304 g/mol. The molecule has 0 spiro atoms. The molecule has 0 bridgehead atoms. The first kappa shape index (κ1) is 17.6. The Kier molecular flexibility index (Phi) is 6.89. The predicted molar refractivity (Wildman–Crippen MR) is 95.7 cm³/mol. The number of aliphatic imine (C=N–C) groups is 1. The Morgan fingerprint density at radius 3 is 2.71 bits per heavy atom. The number of rotatable bonds is 7. The van der Waals surface area contributed by atoms with E-state index in [9.17, 15) is 0 Å². The first-order chi connectivity index (χ1) is 11.8. The summed E-state index contributed by atoms with van der Waals surface area (Å²) < 4.78 is 10.6. The molecule has 2 aromatic rings. The molecule has 1 heterocycles. The molecule has 6 heteroatoms. The van der Waals surface area contributed by atoms with Crippen LogP contribution in [0.3, 0.4) is 0 Å². The molecule has 0 saturated carbocycles. The number of pyridine rings is 1. The Balaban J connectivity index is 1.85. The average molecular weight is 328 g/mol. The van der Waals surface area contributed by atoms with Crippen LogP contribution in [0.4, 0.5) is 0 Å². The Morgan fingerprint density at radius 2 is 2.04 bits per heavy atom. The van der Waals surface area contributed by atoms with E-state index in [2.05, 4.69) is 26.7 Å². The zero-order valence-electron chi connectivity index (χ0n) is 14.4. The molecular formula is C18H24N4O2. The van der Waals surface area contributed by atoms with Gasteiger partial charge >= 0.3 is 0 Å². The number of guanidine groups is 1. The minimum Gasteiger partial charge on any atom is -0.497 e. The third-order valence-corrected chi connectivity index (χ3v) is 3.59. The molecule has 0 saturated heterocycles. The van der Waals surface area contributed by atoms with Gasteiger partial charge in [-0.25, -0.2) is 0 Å². The van der Waals surface area contributed by atoms with Gasteiger partial charge in [-0.1, -0.05) is 6.07 Å². The van der Waals surface area contributed by atoms with E-state index in [1.165, 1.54) is 5.56 Å². The summed E-state index contributed by atoms with van der Waals surface area (Å²) in [6.45, 7) is 1.39. The molecule has 0 unspecified atom stereocenters. The van der Waals surface area contributed by atoms with Crippen LogP contribution < -0.4 is 20.1 Å². The number of nitrogens with zero attached hydrogens (tertiary/aromatic N) is 2. The Bertz CT molecular complexity index is 659. The van der Waals surface area contributed by atoms with Crippen molar-refractivity contribution in [3.63, 3.8) is 0 Å². The van der Waals surface area contributed by atoms with Crippen molar-refractivity contribution < 1.29 is 9.47 Å². The number of aromatic nitrogens is 1. The molecule has 0 aliphatic carbocycles.